The second-order valence-electron chi connectivity index (χ2n) is 3.99. The van der Waals surface area contributed by atoms with E-state index >= 15 is 0 Å². The van der Waals surface area contributed by atoms with E-state index in [2.05, 4.69) is 39.4 Å². The molecule has 0 saturated heterocycles. The minimum Gasteiger partial charge on any atom is -0.396 e. The maximum absolute atomic E-state index is 8.78. The normalized spacial score (nSPS) is 15.4. The minimum absolute atomic E-state index is 0.224. The van der Waals surface area contributed by atoms with Crippen molar-refractivity contribution in [3.63, 3.8) is 0 Å². The first-order valence-corrected chi connectivity index (χ1v) is 7.33. The van der Waals surface area contributed by atoms with Gasteiger partial charge in [0.15, 0.2) is 0 Å². The maximum Gasteiger partial charge on any atom is 0.0525 e. The lowest BCUT2D eigenvalue weighted by molar-refractivity contribution is 0.322. The largest absolute Gasteiger partial charge is 0.396 e. The van der Waals surface area contributed by atoms with Crippen LogP contribution in [0, 0.1) is 0 Å². The number of nitrogens with one attached hydrogen (secondary N) is 1. The number of aliphatic hydroxyl groups is 1. The van der Waals surface area contributed by atoms with Gasteiger partial charge in [-0.2, -0.15) is 0 Å². The summed E-state index contributed by atoms with van der Waals surface area (Å²) in [6.45, 7) is 1.18. The summed E-state index contributed by atoms with van der Waals surface area (Å²) in [6.07, 6.45) is 2.65. The quantitative estimate of drug-likeness (QED) is 0.793. The van der Waals surface area contributed by atoms with E-state index in [-0.39, 0.29) is 6.61 Å². The molecule has 0 atom stereocenters. The van der Waals surface area contributed by atoms with Crippen molar-refractivity contribution in [2.45, 2.75) is 30.3 Å². The van der Waals surface area contributed by atoms with Crippen LogP contribution in [0.25, 0.3) is 0 Å². The van der Waals surface area contributed by atoms with Gasteiger partial charge in [-0.1, -0.05) is 6.07 Å². The van der Waals surface area contributed by atoms with Crippen LogP contribution in [0.4, 0.5) is 0 Å². The molecule has 0 aliphatic heterocycles. The second kappa shape index (κ2) is 6.05. The highest BCUT2D eigenvalue weighted by Crippen LogP contribution is 2.28. The molecule has 2 rings (SSSR count). The van der Waals surface area contributed by atoms with Crippen LogP contribution in [0.3, 0.4) is 0 Å². The predicted molar refractivity (Wildman–Crippen MR) is 71.8 cm³/mol. The fraction of sp³-hybridized carbons (Fsp3) is 0.500. The lowest BCUT2D eigenvalue weighted by Gasteiger charge is -2.07. The fourth-order valence-electron chi connectivity index (χ4n) is 1.48. The van der Waals surface area contributed by atoms with Gasteiger partial charge in [0.1, 0.15) is 0 Å². The zero-order valence-corrected chi connectivity index (χ0v) is 11.5. The first-order chi connectivity index (χ1) is 7.79. The summed E-state index contributed by atoms with van der Waals surface area (Å²) in [4.78, 5) is 1.20. The van der Waals surface area contributed by atoms with E-state index in [1.165, 1.54) is 23.3 Å². The Kier molecular flexibility index (Phi) is 4.70. The molecule has 2 nitrogen and oxygen atoms in total. The molecule has 0 radical (unpaired) electrons. The molecule has 0 unspecified atom stereocenters. The Balaban J connectivity index is 1.91. The highest BCUT2D eigenvalue weighted by atomic mass is 79.9. The second-order valence-corrected chi connectivity index (χ2v) is 5.98. The van der Waals surface area contributed by atoms with Gasteiger partial charge in [-0.3, -0.25) is 0 Å². The summed E-state index contributed by atoms with van der Waals surface area (Å²) in [5, 5.41) is 12.3. The van der Waals surface area contributed by atoms with Crippen molar-refractivity contribution in [1.82, 2.24) is 5.32 Å². The lowest BCUT2D eigenvalue weighted by Crippen LogP contribution is -2.15. The van der Waals surface area contributed by atoms with Crippen LogP contribution < -0.4 is 5.32 Å². The number of hydrogen-bond acceptors (Lipinski definition) is 3. The Labute approximate surface area is 109 Å². The van der Waals surface area contributed by atoms with Gasteiger partial charge in [0.05, 0.1) is 6.61 Å². The zero-order valence-electron chi connectivity index (χ0n) is 9.08. The number of hydrogen-bond donors (Lipinski definition) is 2. The van der Waals surface area contributed by atoms with Crippen LogP contribution in [0.5, 0.6) is 0 Å². The summed E-state index contributed by atoms with van der Waals surface area (Å²) in [5.41, 5.74) is 1.31. The SMILES string of the molecule is OCCSc1ccc(CNC2CC2)cc1Br. The third-order valence-electron chi connectivity index (χ3n) is 2.52. The van der Waals surface area contributed by atoms with Crippen LogP contribution >= 0.6 is 27.7 Å². The zero-order chi connectivity index (χ0) is 11.4. The molecule has 88 valence electrons. The first kappa shape index (κ1) is 12.4. The molecule has 0 aromatic heterocycles. The number of aliphatic hydroxyl groups excluding tert-OH is 1. The fourth-order valence-corrected chi connectivity index (χ4v) is 2.92. The van der Waals surface area contributed by atoms with Crippen LogP contribution in [0.1, 0.15) is 18.4 Å². The molecule has 1 aliphatic rings. The Morgan fingerprint density at radius 2 is 2.25 bits per heavy atom. The molecule has 1 aromatic rings. The van der Waals surface area contributed by atoms with Crippen LogP contribution in [0.2, 0.25) is 0 Å². The molecule has 0 amide bonds. The monoisotopic (exact) mass is 301 g/mol. The van der Waals surface area contributed by atoms with E-state index in [4.69, 9.17) is 5.11 Å². The molecule has 0 spiro atoms. The first-order valence-electron chi connectivity index (χ1n) is 5.55. The van der Waals surface area contributed by atoms with Gasteiger partial charge in [0.25, 0.3) is 0 Å². The molecule has 4 heteroatoms. The average molecular weight is 302 g/mol. The predicted octanol–water partition coefficient (Wildman–Crippen LogP) is 2.79. The van der Waals surface area contributed by atoms with Crippen LogP contribution in [0.15, 0.2) is 27.6 Å². The van der Waals surface area contributed by atoms with E-state index < -0.39 is 0 Å². The maximum atomic E-state index is 8.78. The van der Waals surface area contributed by atoms with Crippen LogP contribution in [-0.2, 0) is 6.54 Å². The molecule has 1 saturated carbocycles. The van der Waals surface area contributed by atoms with Crippen molar-refractivity contribution < 1.29 is 5.11 Å². The summed E-state index contributed by atoms with van der Waals surface area (Å²) < 4.78 is 1.13. The van der Waals surface area contributed by atoms with Crippen molar-refractivity contribution in [3.05, 3.63) is 28.2 Å². The van der Waals surface area contributed by atoms with E-state index in [1.54, 1.807) is 11.8 Å². The number of rotatable bonds is 6. The molecule has 0 bridgehead atoms. The third-order valence-corrected chi connectivity index (χ3v) is 4.49. The smallest absolute Gasteiger partial charge is 0.0525 e. The molecule has 0 heterocycles. The van der Waals surface area contributed by atoms with Gasteiger partial charge in [0, 0.05) is 27.7 Å². The van der Waals surface area contributed by atoms with Gasteiger partial charge in [-0.25, -0.2) is 0 Å². The number of benzene rings is 1. The van der Waals surface area contributed by atoms with Gasteiger partial charge in [-0.15, -0.1) is 11.8 Å². The highest BCUT2D eigenvalue weighted by Gasteiger charge is 2.19. The summed E-state index contributed by atoms with van der Waals surface area (Å²) in [5.74, 6) is 0.748. The third kappa shape index (κ3) is 3.77. The highest BCUT2D eigenvalue weighted by molar-refractivity contribution is 9.10. The summed E-state index contributed by atoms with van der Waals surface area (Å²) in [6, 6.07) is 7.19. The van der Waals surface area contributed by atoms with Crippen molar-refractivity contribution in [2.75, 3.05) is 12.4 Å². The van der Waals surface area contributed by atoms with Gasteiger partial charge >= 0.3 is 0 Å². The van der Waals surface area contributed by atoms with Crippen molar-refractivity contribution in [1.29, 1.82) is 0 Å². The number of halogens is 1. The number of thioether (sulfide) groups is 1. The molecular formula is C12H16BrNOS. The summed E-state index contributed by atoms with van der Waals surface area (Å²) >= 11 is 5.24. The van der Waals surface area contributed by atoms with Crippen molar-refractivity contribution >= 4 is 27.7 Å². The molecule has 1 aliphatic carbocycles. The standard InChI is InChI=1S/C12H16BrNOS/c13-11-7-9(8-14-10-2-3-10)1-4-12(11)16-6-5-15/h1,4,7,10,14-15H,2-3,5-6,8H2. The Hall–Kier alpha value is -0.0300. The molecular weight excluding hydrogens is 286 g/mol. The topological polar surface area (TPSA) is 32.3 Å². The van der Waals surface area contributed by atoms with Crippen molar-refractivity contribution in [3.8, 4) is 0 Å². The molecule has 1 aromatic carbocycles. The minimum atomic E-state index is 0.224. The average Bonchev–Trinajstić information content (AvgIpc) is 3.09. The van der Waals surface area contributed by atoms with E-state index in [0.717, 1.165) is 22.8 Å². The van der Waals surface area contributed by atoms with E-state index in [1.807, 2.05) is 0 Å². The molecule has 1 fully saturated rings. The lowest BCUT2D eigenvalue weighted by atomic mass is 10.2. The molecule has 2 N–H and O–H groups in total. The van der Waals surface area contributed by atoms with E-state index in [0.29, 0.717) is 0 Å². The van der Waals surface area contributed by atoms with Crippen LogP contribution in [-0.4, -0.2) is 23.5 Å². The molecule has 16 heavy (non-hydrogen) atoms. The summed E-state index contributed by atoms with van der Waals surface area (Å²) in [7, 11) is 0. The van der Waals surface area contributed by atoms with Crippen molar-refractivity contribution in [2.24, 2.45) is 0 Å². The van der Waals surface area contributed by atoms with Gasteiger partial charge in [-0.05, 0) is 46.5 Å². The Morgan fingerprint density at radius 1 is 1.44 bits per heavy atom. The van der Waals surface area contributed by atoms with Gasteiger partial charge < -0.3 is 10.4 Å². The van der Waals surface area contributed by atoms with E-state index in [9.17, 15) is 0 Å². The Morgan fingerprint density at radius 3 is 2.88 bits per heavy atom. The Bertz CT molecular complexity index is 355. The van der Waals surface area contributed by atoms with Gasteiger partial charge in [0.2, 0.25) is 0 Å².